The largest absolute Gasteiger partial charge is 0.442 e. The lowest BCUT2D eigenvalue weighted by molar-refractivity contribution is -0.149. The van der Waals surface area contributed by atoms with Gasteiger partial charge in [0, 0.05) is 28.8 Å². The van der Waals surface area contributed by atoms with Gasteiger partial charge in [-0.15, -0.1) is 0 Å². The van der Waals surface area contributed by atoms with Crippen LogP contribution in [-0.2, 0) is 9.53 Å². The number of esters is 1. The standard InChI is InChI=1S/C25H21ClN2O3/c1-25(2)22(16-8-10-18(26)11-9-16)23(25)24(29)31-20(15-27)17-12-13-28-21(14-17)30-19-6-4-3-5-7-19/h3-14,20,22-23H,1-2H3/t20?,22-,23+/m0/s1. The van der Waals surface area contributed by atoms with Crippen molar-refractivity contribution in [3.8, 4) is 17.7 Å². The van der Waals surface area contributed by atoms with Crippen molar-refractivity contribution in [2.24, 2.45) is 11.3 Å². The Morgan fingerprint density at radius 3 is 2.52 bits per heavy atom. The number of ether oxygens (including phenoxy) is 2. The van der Waals surface area contributed by atoms with Gasteiger partial charge >= 0.3 is 5.97 Å². The summed E-state index contributed by atoms with van der Waals surface area (Å²) in [7, 11) is 0. The molecule has 0 amide bonds. The lowest BCUT2D eigenvalue weighted by Gasteiger charge is -2.13. The van der Waals surface area contributed by atoms with Crippen LogP contribution >= 0.6 is 11.6 Å². The Balaban J connectivity index is 1.48. The fourth-order valence-electron chi connectivity index (χ4n) is 3.98. The van der Waals surface area contributed by atoms with E-state index in [9.17, 15) is 10.1 Å². The van der Waals surface area contributed by atoms with E-state index in [0.29, 0.717) is 22.2 Å². The van der Waals surface area contributed by atoms with Gasteiger partial charge in [-0.2, -0.15) is 5.26 Å². The predicted molar refractivity (Wildman–Crippen MR) is 117 cm³/mol. The van der Waals surface area contributed by atoms with E-state index in [1.165, 1.54) is 6.20 Å². The van der Waals surface area contributed by atoms with Gasteiger partial charge in [-0.05, 0) is 41.3 Å². The van der Waals surface area contributed by atoms with E-state index >= 15 is 0 Å². The van der Waals surface area contributed by atoms with Crippen molar-refractivity contribution >= 4 is 17.6 Å². The van der Waals surface area contributed by atoms with Gasteiger partial charge in [-0.25, -0.2) is 4.98 Å². The summed E-state index contributed by atoms with van der Waals surface area (Å²) in [6.45, 7) is 4.05. The van der Waals surface area contributed by atoms with Crippen LogP contribution in [0.5, 0.6) is 11.6 Å². The second-order valence-corrected chi connectivity index (χ2v) is 8.55. The van der Waals surface area contributed by atoms with Crippen LogP contribution < -0.4 is 4.74 Å². The first-order valence-corrected chi connectivity index (χ1v) is 10.3. The molecule has 1 aliphatic carbocycles. The highest BCUT2D eigenvalue weighted by atomic mass is 35.5. The summed E-state index contributed by atoms with van der Waals surface area (Å²) < 4.78 is 11.3. The maximum Gasteiger partial charge on any atom is 0.311 e. The number of halogens is 1. The predicted octanol–water partition coefficient (Wildman–Crippen LogP) is 6.07. The van der Waals surface area contributed by atoms with Crippen LogP contribution in [0.4, 0.5) is 0 Å². The summed E-state index contributed by atoms with van der Waals surface area (Å²) >= 11 is 5.98. The lowest BCUT2D eigenvalue weighted by Crippen LogP contribution is -2.14. The first-order chi connectivity index (χ1) is 14.9. The van der Waals surface area contributed by atoms with E-state index in [1.54, 1.807) is 12.1 Å². The van der Waals surface area contributed by atoms with Crippen molar-refractivity contribution in [2.45, 2.75) is 25.9 Å². The van der Waals surface area contributed by atoms with Crippen LogP contribution in [0, 0.1) is 22.7 Å². The summed E-state index contributed by atoms with van der Waals surface area (Å²) in [5.74, 6) is 0.255. The van der Waals surface area contributed by atoms with Crippen molar-refractivity contribution < 1.29 is 14.3 Å². The van der Waals surface area contributed by atoms with Gasteiger partial charge in [0.15, 0.2) is 0 Å². The van der Waals surface area contributed by atoms with E-state index in [4.69, 9.17) is 21.1 Å². The summed E-state index contributed by atoms with van der Waals surface area (Å²) in [6, 6.07) is 22.0. The molecule has 4 rings (SSSR count). The summed E-state index contributed by atoms with van der Waals surface area (Å²) in [4.78, 5) is 17.1. The van der Waals surface area contributed by atoms with Gasteiger partial charge in [0.25, 0.3) is 0 Å². The Kier molecular flexibility index (Phi) is 5.67. The van der Waals surface area contributed by atoms with E-state index in [-0.39, 0.29) is 23.2 Å². The van der Waals surface area contributed by atoms with Gasteiger partial charge in [-0.3, -0.25) is 4.79 Å². The smallest absolute Gasteiger partial charge is 0.311 e. The highest BCUT2D eigenvalue weighted by Crippen LogP contribution is 2.65. The molecule has 1 fully saturated rings. The van der Waals surface area contributed by atoms with Crippen molar-refractivity contribution in [3.63, 3.8) is 0 Å². The number of rotatable bonds is 6. The number of hydrogen-bond donors (Lipinski definition) is 0. The molecule has 1 unspecified atom stereocenters. The van der Waals surface area contributed by atoms with Gasteiger partial charge in [-0.1, -0.05) is 55.8 Å². The third kappa shape index (κ3) is 4.40. The number of hydrogen-bond acceptors (Lipinski definition) is 5. The summed E-state index contributed by atoms with van der Waals surface area (Å²) in [5, 5.41) is 10.3. The van der Waals surface area contributed by atoms with E-state index in [1.807, 2.05) is 68.4 Å². The molecule has 3 aromatic rings. The highest BCUT2D eigenvalue weighted by Gasteiger charge is 2.63. The van der Waals surface area contributed by atoms with Crippen molar-refractivity contribution in [3.05, 3.63) is 89.1 Å². The van der Waals surface area contributed by atoms with Gasteiger partial charge < -0.3 is 9.47 Å². The molecule has 1 aliphatic rings. The number of para-hydroxylation sites is 1. The van der Waals surface area contributed by atoms with Crippen LogP contribution in [0.25, 0.3) is 0 Å². The molecule has 0 aliphatic heterocycles. The molecule has 3 atom stereocenters. The number of benzene rings is 2. The molecule has 5 nitrogen and oxygen atoms in total. The topological polar surface area (TPSA) is 72.2 Å². The Bertz CT molecular complexity index is 1120. The van der Waals surface area contributed by atoms with Crippen LogP contribution in [0.3, 0.4) is 0 Å². The number of nitrogens with zero attached hydrogens (tertiary/aromatic N) is 2. The summed E-state index contributed by atoms with van der Waals surface area (Å²) in [5.41, 5.74) is 1.29. The fraction of sp³-hybridized carbons (Fsp3) is 0.240. The molecule has 0 spiro atoms. The number of carbonyl (C=O) groups is 1. The minimum Gasteiger partial charge on any atom is -0.442 e. The zero-order valence-electron chi connectivity index (χ0n) is 17.2. The lowest BCUT2D eigenvalue weighted by atomic mass is 10.0. The molecular weight excluding hydrogens is 412 g/mol. The minimum absolute atomic E-state index is 0.0195. The van der Waals surface area contributed by atoms with Crippen LogP contribution in [-0.4, -0.2) is 11.0 Å². The third-order valence-electron chi connectivity index (χ3n) is 5.69. The average Bonchev–Trinajstić information content (AvgIpc) is 3.35. The molecule has 31 heavy (non-hydrogen) atoms. The molecule has 0 radical (unpaired) electrons. The van der Waals surface area contributed by atoms with Crippen molar-refractivity contribution in [2.75, 3.05) is 0 Å². The zero-order valence-corrected chi connectivity index (χ0v) is 17.9. The zero-order chi connectivity index (χ0) is 22.0. The number of aromatic nitrogens is 1. The molecular formula is C25H21ClN2O3. The maximum atomic E-state index is 12.9. The molecule has 156 valence electrons. The monoisotopic (exact) mass is 432 g/mol. The highest BCUT2D eigenvalue weighted by molar-refractivity contribution is 6.30. The van der Waals surface area contributed by atoms with Crippen LogP contribution in [0.2, 0.25) is 5.02 Å². The first kappa shape index (κ1) is 20.9. The van der Waals surface area contributed by atoms with Gasteiger partial charge in [0.1, 0.15) is 11.8 Å². The first-order valence-electron chi connectivity index (χ1n) is 9.94. The van der Waals surface area contributed by atoms with E-state index < -0.39 is 6.10 Å². The van der Waals surface area contributed by atoms with Crippen LogP contribution in [0.1, 0.15) is 37.0 Å². The Hall–Kier alpha value is -3.36. The molecule has 0 N–H and O–H groups in total. The SMILES string of the molecule is CC1(C)[C@@H](C(=O)OC(C#N)c2ccnc(Oc3ccccc3)c2)[C@@H]1c1ccc(Cl)cc1. The summed E-state index contributed by atoms with van der Waals surface area (Å²) in [6.07, 6.45) is 0.486. The molecule has 2 aromatic carbocycles. The molecule has 0 saturated heterocycles. The molecule has 1 heterocycles. The molecule has 6 heteroatoms. The fourth-order valence-corrected chi connectivity index (χ4v) is 4.11. The Morgan fingerprint density at radius 1 is 1.13 bits per heavy atom. The van der Waals surface area contributed by atoms with Crippen molar-refractivity contribution in [1.29, 1.82) is 5.26 Å². The number of pyridine rings is 1. The molecule has 1 saturated carbocycles. The van der Waals surface area contributed by atoms with Crippen LogP contribution in [0.15, 0.2) is 72.9 Å². The molecule has 0 bridgehead atoms. The Morgan fingerprint density at radius 2 is 1.84 bits per heavy atom. The normalized spacial score (nSPS) is 19.7. The Labute approximate surface area is 186 Å². The average molecular weight is 433 g/mol. The maximum absolute atomic E-state index is 12.9. The number of carbonyl (C=O) groups excluding carboxylic acids is 1. The number of nitriles is 1. The van der Waals surface area contributed by atoms with Gasteiger partial charge in [0.05, 0.1) is 5.92 Å². The van der Waals surface area contributed by atoms with Gasteiger partial charge in [0.2, 0.25) is 12.0 Å². The van der Waals surface area contributed by atoms with Crippen molar-refractivity contribution in [1.82, 2.24) is 4.98 Å². The van der Waals surface area contributed by atoms with E-state index in [2.05, 4.69) is 11.1 Å². The third-order valence-corrected chi connectivity index (χ3v) is 5.94. The molecule has 1 aromatic heterocycles. The quantitative estimate of drug-likeness (QED) is 0.441. The second kappa shape index (κ2) is 8.41. The van der Waals surface area contributed by atoms with E-state index in [0.717, 1.165) is 5.56 Å². The minimum atomic E-state index is -1.05. The second-order valence-electron chi connectivity index (χ2n) is 8.12.